The Labute approximate surface area is 215 Å². The van der Waals surface area contributed by atoms with Gasteiger partial charge in [0.25, 0.3) is 0 Å². The van der Waals surface area contributed by atoms with Gasteiger partial charge >= 0.3 is 218 Å². The first-order valence-electron chi connectivity index (χ1n) is 10.1. The molecule has 0 aliphatic carbocycles. The zero-order chi connectivity index (χ0) is 20.8. The van der Waals surface area contributed by atoms with Gasteiger partial charge in [-0.2, -0.15) is 0 Å². The summed E-state index contributed by atoms with van der Waals surface area (Å²) in [6, 6.07) is 24.0. The molecule has 0 radical (unpaired) electrons. The first-order chi connectivity index (χ1) is 15.8. The van der Waals surface area contributed by atoms with Crippen LogP contribution >= 0.6 is 22.7 Å². The van der Waals surface area contributed by atoms with Gasteiger partial charge < -0.3 is 0 Å². The van der Waals surface area contributed by atoms with E-state index in [1.807, 2.05) is 22.7 Å². The molecule has 0 saturated carbocycles. The molecular formula is C26H12S2Se4. The molecule has 0 amide bonds. The maximum atomic E-state index is 2.52. The molecule has 152 valence electrons. The van der Waals surface area contributed by atoms with E-state index in [4.69, 9.17) is 0 Å². The Kier molecular flexibility index (Phi) is 4.45. The molecule has 8 aromatic rings. The number of thiophene rings is 2. The van der Waals surface area contributed by atoms with Gasteiger partial charge in [0.15, 0.2) is 0 Å². The third-order valence-corrected chi connectivity index (χ3v) is 18.2. The van der Waals surface area contributed by atoms with Gasteiger partial charge in [0.05, 0.1) is 0 Å². The van der Waals surface area contributed by atoms with E-state index in [0.29, 0.717) is 58.0 Å². The Morgan fingerprint density at radius 1 is 0.531 bits per heavy atom. The van der Waals surface area contributed by atoms with E-state index in [1.165, 1.54) is 40.3 Å². The summed E-state index contributed by atoms with van der Waals surface area (Å²) in [4.78, 5) is 4.67. The van der Waals surface area contributed by atoms with Crippen LogP contribution in [0.25, 0.3) is 66.6 Å². The fourth-order valence-electron chi connectivity index (χ4n) is 4.40. The van der Waals surface area contributed by atoms with Crippen LogP contribution in [0.2, 0.25) is 0 Å². The van der Waals surface area contributed by atoms with Gasteiger partial charge in [-0.15, -0.1) is 0 Å². The minimum absolute atomic E-state index is 0.449. The number of fused-ring (bicyclic) bond motifs is 7. The second-order valence-electron chi connectivity index (χ2n) is 7.81. The van der Waals surface area contributed by atoms with E-state index < -0.39 is 0 Å². The summed E-state index contributed by atoms with van der Waals surface area (Å²) < 4.78 is 15.4. The molecule has 0 fully saturated rings. The molecule has 0 saturated heterocycles. The van der Waals surface area contributed by atoms with Crippen LogP contribution in [-0.2, 0) is 0 Å². The third-order valence-electron chi connectivity index (χ3n) is 5.88. The van der Waals surface area contributed by atoms with Crippen molar-refractivity contribution in [3.63, 3.8) is 0 Å². The Morgan fingerprint density at radius 2 is 1.03 bits per heavy atom. The summed E-state index contributed by atoms with van der Waals surface area (Å²) in [5.41, 5.74) is 0. The van der Waals surface area contributed by atoms with Gasteiger partial charge in [0.2, 0.25) is 0 Å². The molecule has 6 aromatic heterocycles. The predicted octanol–water partition coefficient (Wildman–Crippen LogP) is 7.14. The van der Waals surface area contributed by atoms with Gasteiger partial charge in [-0.1, -0.05) is 0 Å². The van der Waals surface area contributed by atoms with E-state index in [0.717, 1.165) is 0 Å². The first kappa shape index (κ1) is 19.4. The molecule has 0 aliphatic heterocycles. The van der Waals surface area contributed by atoms with E-state index in [1.54, 1.807) is 26.3 Å². The average molecular weight is 704 g/mol. The summed E-state index contributed by atoms with van der Waals surface area (Å²) in [5.74, 6) is 0. The predicted molar refractivity (Wildman–Crippen MR) is 148 cm³/mol. The van der Waals surface area contributed by atoms with Crippen molar-refractivity contribution < 1.29 is 0 Å². The maximum absolute atomic E-state index is 2.52. The Hall–Kier alpha value is -0.862. The van der Waals surface area contributed by atoms with E-state index in [2.05, 4.69) is 70.5 Å². The van der Waals surface area contributed by atoms with Crippen LogP contribution in [-0.4, -0.2) is 58.0 Å². The summed E-state index contributed by atoms with van der Waals surface area (Å²) >= 11 is 5.98. The molecule has 0 unspecified atom stereocenters. The van der Waals surface area contributed by atoms with Gasteiger partial charge in [0, 0.05) is 0 Å². The van der Waals surface area contributed by atoms with Crippen LogP contribution in [0.5, 0.6) is 0 Å². The molecule has 0 bridgehead atoms. The van der Waals surface area contributed by atoms with Crippen molar-refractivity contribution in [3.8, 4) is 17.7 Å². The molecule has 0 N–H and O–H groups in total. The zero-order valence-corrected chi connectivity index (χ0v) is 24.9. The monoisotopic (exact) mass is 708 g/mol. The van der Waals surface area contributed by atoms with Gasteiger partial charge in [-0.25, -0.2) is 0 Å². The fourth-order valence-corrected chi connectivity index (χ4v) is 15.9. The average Bonchev–Trinajstić information content (AvgIpc) is 3.61. The number of rotatable bonds is 2. The van der Waals surface area contributed by atoms with Crippen molar-refractivity contribution in [2.45, 2.75) is 0 Å². The minimum atomic E-state index is 0.449. The van der Waals surface area contributed by atoms with E-state index in [-0.39, 0.29) is 0 Å². The van der Waals surface area contributed by atoms with Crippen LogP contribution in [0.4, 0.5) is 0 Å². The molecule has 0 spiro atoms. The SMILES string of the molecule is c1c[se]c(-c2cc3cc4sc5c6cc7[se]c(-c8ccc[se]8)cc7cc6sc5c4cc3[se]2)c1. The van der Waals surface area contributed by atoms with Crippen molar-refractivity contribution in [1.29, 1.82) is 0 Å². The second-order valence-corrected chi connectivity index (χ2v) is 18.4. The van der Waals surface area contributed by atoms with Gasteiger partial charge in [0.1, 0.15) is 0 Å². The molecule has 8 rings (SSSR count). The Morgan fingerprint density at radius 3 is 1.47 bits per heavy atom. The van der Waals surface area contributed by atoms with E-state index >= 15 is 0 Å². The van der Waals surface area contributed by atoms with Crippen molar-refractivity contribution in [1.82, 2.24) is 0 Å². The van der Waals surface area contributed by atoms with E-state index in [9.17, 15) is 0 Å². The Balaban J connectivity index is 1.35. The molecule has 6 heteroatoms. The topological polar surface area (TPSA) is 0 Å². The molecule has 32 heavy (non-hydrogen) atoms. The molecule has 0 atom stereocenters. The van der Waals surface area contributed by atoms with Crippen molar-refractivity contribution >= 4 is 130 Å². The molecule has 6 heterocycles. The van der Waals surface area contributed by atoms with Crippen LogP contribution in [0.1, 0.15) is 0 Å². The van der Waals surface area contributed by atoms with Crippen LogP contribution in [0.15, 0.2) is 70.5 Å². The zero-order valence-electron chi connectivity index (χ0n) is 16.4. The van der Waals surface area contributed by atoms with Crippen LogP contribution < -0.4 is 0 Å². The van der Waals surface area contributed by atoms with Crippen molar-refractivity contribution in [2.75, 3.05) is 0 Å². The summed E-state index contributed by atoms with van der Waals surface area (Å²) in [7, 11) is 0. The molecule has 0 nitrogen and oxygen atoms in total. The summed E-state index contributed by atoms with van der Waals surface area (Å²) in [6.45, 7) is 0. The third kappa shape index (κ3) is 2.90. The van der Waals surface area contributed by atoms with Gasteiger partial charge in [-0.05, 0) is 0 Å². The van der Waals surface area contributed by atoms with Crippen LogP contribution in [0.3, 0.4) is 0 Å². The summed E-state index contributed by atoms with van der Waals surface area (Å²) in [5, 5.41) is 5.90. The van der Waals surface area contributed by atoms with Crippen LogP contribution in [0, 0.1) is 0 Å². The molecule has 2 aromatic carbocycles. The summed E-state index contributed by atoms with van der Waals surface area (Å²) in [6.07, 6.45) is 0. The number of hydrogen-bond donors (Lipinski definition) is 0. The fraction of sp³-hybridized carbons (Fsp3) is 0. The second kappa shape index (κ2) is 7.32. The van der Waals surface area contributed by atoms with Crippen molar-refractivity contribution in [2.24, 2.45) is 0 Å². The normalized spacial score (nSPS) is 12.4. The van der Waals surface area contributed by atoms with Gasteiger partial charge in [-0.3, -0.25) is 0 Å². The molecular weight excluding hydrogens is 692 g/mol. The molecule has 0 aliphatic rings. The van der Waals surface area contributed by atoms with Crippen molar-refractivity contribution in [3.05, 3.63) is 70.5 Å². The Bertz CT molecular complexity index is 1780. The quantitative estimate of drug-likeness (QED) is 0.168. The first-order valence-corrected chi connectivity index (χ1v) is 18.9. The number of benzene rings is 2. The standard InChI is InChI=1S/C26H12S2Se4/c1-3-19(29-5-1)23-9-13-7-17-15(11-21(13)31-23)25-26(27-17)16-12-22-14(8-18(16)28-25)10-24(32-22)20-4-2-6-30-20/h1-12H. The number of hydrogen-bond acceptors (Lipinski definition) is 2.